The fraction of sp³-hybridized carbons (Fsp3) is 0.474. The number of hydrogen-bond acceptors (Lipinski definition) is 8. The lowest BCUT2D eigenvalue weighted by Crippen LogP contribution is -2.53. The highest BCUT2D eigenvalue weighted by atomic mass is 32.2. The number of ether oxygens (including phenoxy) is 2. The number of nitrogens with zero attached hydrogens (tertiary/aromatic N) is 3. The van der Waals surface area contributed by atoms with Gasteiger partial charge in [0.05, 0.1) is 19.7 Å². The van der Waals surface area contributed by atoms with E-state index in [4.69, 9.17) is 24.5 Å². The van der Waals surface area contributed by atoms with Crippen LogP contribution in [-0.4, -0.2) is 82.9 Å². The summed E-state index contributed by atoms with van der Waals surface area (Å²) in [5.41, 5.74) is 1.95. The molecule has 0 aliphatic carbocycles. The summed E-state index contributed by atoms with van der Waals surface area (Å²) in [6.07, 6.45) is 1.80. The first-order chi connectivity index (χ1) is 14.7. The van der Waals surface area contributed by atoms with Crippen molar-refractivity contribution in [3.05, 3.63) is 24.4 Å². The number of nitrogens with two attached hydrogens (primary N) is 1. The highest BCUT2D eigenvalue weighted by Crippen LogP contribution is 2.36. The predicted octanol–water partition coefficient (Wildman–Crippen LogP) is 0.256. The van der Waals surface area contributed by atoms with E-state index in [1.54, 1.807) is 20.4 Å². The van der Waals surface area contributed by atoms with Crippen molar-refractivity contribution >= 4 is 33.3 Å². The van der Waals surface area contributed by atoms with Gasteiger partial charge in [0.2, 0.25) is 0 Å². The van der Waals surface area contributed by atoms with Crippen LogP contribution in [-0.2, 0) is 15.0 Å². The summed E-state index contributed by atoms with van der Waals surface area (Å²) in [7, 11) is -0.418. The number of pyridine rings is 1. The summed E-state index contributed by atoms with van der Waals surface area (Å²) in [5, 5.41) is 12.9. The highest BCUT2D eigenvalue weighted by molar-refractivity contribution is 7.87. The van der Waals surface area contributed by atoms with Crippen molar-refractivity contribution in [3.8, 4) is 11.5 Å². The second kappa shape index (κ2) is 11.1. The minimum atomic E-state index is -3.65. The maximum atomic E-state index is 11.0. The molecule has 0 saturated carbocycles. The number of nitrogens with one attached hydrogen (secondary N) is 1. The Morgan fingerprint density at radius 1 is 1.29 bits per heavy atom. The van der Waals surface area contributed by atoms with E-state index in [2.05, 4.69) is 26.4 Å². The van der Waals surface area contributed by atoms with Crippen LogP contribution >= 0.6 is 0 Å². The van der Waals surface area contributed by atoms with Crippen molar-refractivity contribution < 1.29 is 27.8 Å². The third kappa shape index (κ3) is 6.66. The summed E-state index contributed by atoms with van der Waals surface area (Å²) in [5.74, 6) is 1.32. The summed E-state index contributed by atoms with van der Waals surface area (Å²) in [6, 6.07) is 6.12. The molecule has 2 aromatic rings. The first-order valence-corrected chi connectivity index (χ1v) is 11.1. The van der Waals surface area contributed by atoms with Crippen molar-refractivity contribution in [2.75, 3.05) is 51.8 Å². The topological polar surface area (TPSA) is 147 Å². The van der Waals surface area contributed by atoms with E-state index >= 15 is 0 Å². The standard InChI is InChI=1S/C18H27N5O4S.CH2O2/c1-13-12-23(9-8-22(13)7-6-21-28(19,24)25)16-4-5-20-15-11-18(27-3)17(26-2)10-14(15)16;2-1-3/h4-5,10-11,13,21H,6-9,12H2,1-3H3,(H2,19,24,25);1H,(H,2,3). The Morgan fingerprint density at radius 2 is 1.94 bits per heavy atom. The average molecular weight is 456 g/mol. The molecule has 1 saturated heterocycles. The largest absolute Gasteiger partial charge is 0.493 e. The van der Waals surface area contributed by atoms with Gasteiger partial charge < -0.3 is 19.5 Å². The van der Waals surface area contributed by atoms with Gasteiger partial charge in [-0.15, -0.1) is 0 Å². The molecule has 0 amide bonds. The van der Waals surface area contributed by atoms with Gasteiger partial charge in [0, 0.05) is 62.1 Å². The van der Waals surface area contributed by atoms with Crippen LogP contribution < -0.4 is 24.2 Å². The molecule has 1 aliphatic rings. The van der Waals surface area contributed by atoms with Gasteiger partial charge in [-0.1, -0.05) is 0 Å². The molecule has 4 N–H and O–H groups in total. The molecule has 1 atom stereocenters. The molecule has 3 rings (SSSR count). The molecule has 2 heterocycles. The van der Waals surface area contributed by atoms with Gasteiger partial charge in [-0.3, -0.25) is 14.7 Å². The smallest absolute Gasteiger partial charge is 0.290 e. The molecule has 11 nitrogen and oxygen atoms in total. The van der Waals surface area contributed by atoms with Crippen LogP contribution in [0.2, 0.25) is 0 Å². The minimum Gasteiger partial charge on any atom is -0.493 e. The Morgan fingerprint density at radius 3 is 2.52 bits per heavy atom. The van der Waals surface area contributed by atoms with Crippen LogP contribution in [0.1, 0.15) is 6.92 Å². The molecule has 31 heavy (non-hydrogen) atoms. The molecule has 0 bridgehead atoms. The van der Waals surface area contributed by atoms with Crippen LogP contribution in [0.15, 0.2) is 24.4 Å². The van der Waals surface area contributed by atoms with Crippen LogP contribution in [0, 0.1) is 0 Å². The monoisotopic (exact) mass is 455 g/mol. The Hall–Kier alpha value is -2.67. The normalized spacial score (nSPS) is 17.0. The zero-order chi connectivity index (χ0) is 23.0. The van der Waals surface area contributed by atoms with Gasteiger partial charge in [-0.05, 0) is 19.1 Å². The van der Waals surface area contributed by atoms with Crippen molar-refractivity contribution in [2.24, 2.45) is 5.14 Å². The van der Waals surface area contributed by atoms with Crippen molar-refractivity contribution in [1.82, 2.24) is 14.6 Å². The van der Waals surface area contributed by atoms with E-state index in [0.29, 0.717) is 24.6 Å². The molecule has 1 aromatic heterocycles. The molecule has 1 aliphatic heterocycles. The van der Waals surface area contributed by atoms with Crippen LogP contribution in [0.5, 0.6) is 11.5 Å². The van der Waals surface area contributed by atoms with Gasteiger partial charge in [0.15, 0.2) is 11.5 Å². The number of piperazine rings is 1. The first-order valence-electron chi connectivity index (χ1n) is 9.59. The van der Waals surface area contributed by atoms with E-state index in [1.165, 1.54) is 0 Å². The quantitative estimate of drug-likeness (QED) is 0.500. The Balaban J connectivity index is 0.00000107. The van der Waals surface area contributed by atoms with Crippen LogP contribution in [0.4, 0.5) is 5.69 Å². The highest BCUT2D eigenvalue weighted by Gasteiger charge is 2.25. The number of carbonyl (C=O) groups is 1. The third-order valence-electron chi connectivity index (χ3n) is 5.03. The molecule has 172 valence electrons. The van der Waals surface area contributed by atoms with Crippen molar-refractivity contribution in [3.63, 3.8) is 0 Å². The molecule has 1 fully saturated rings. The predicted molar refractivity (Wildman–Crippen MR) is 118 cm³/mol. The lowest BCUT2D eigenvalue weighted by atomic mass is 10.1. The van der Waals surface area contributed by atoms with E-state index in [0.717, 1.165) is 36.2 Å². The van der Waals surface area contributed by atoms with Gasteiger partial charge in [0.1, 0.15) is 0 Å². The van der Waals surface area contributed by atoms with E-state index < -0.39 is 10.2 Å². The van der Waals surface area contributed by atoms with Gasteiger partial charge in [-0.2, -0.15) is 8.42 Å². The van der Waals surface area contributed by atoms with Crippen LogP contribution in [0.25, 0.3) is 10.9 Å². The lowest BCUT2D eigenvalue weighted by Gasteiger charge is -2.41. The third-order valence-corrected chi connectivity index (χ3v) is 5.64. The Labute approximate surface area is 181 Å². The van der Waals surface area contributed by atoms with Gasteiger partial charge >= 0.3 is 0 Å². The second-order valence-corrected chi connectivity index (χ2v) is 8.31. The van der Waals surface area contributed by atoms with E-state index in [1.807, 2.05) is 18.2 Å². The zero-order valence-electron chi connectivity index (χ0n) is 17.8. The number of hydrogen-bond donors (Lipinski definition) is 3. The average Bonchev–Trinajstić information content (AvgIpc) is 2.73. The number of anilines is 1. The second-order valence-electron chi connectivity index (χ2n) is 6.93. The maximum Gasteiger partial charge on any atom is 0.290 e. The fourth-order valence-electron chi connectivity index (χ4n) is 3.61. The SMILES string of the molecule is COc1cc2nccc(N3CCN(CCNS(N)(=O)=O)C(C)C3)c2cc1OC.O=CO. The Bertz CT molecular complexity index is 987. The summed E-state index contributed by atoms with van der Waals surface area (Å²) in [4.78, 5) is 17.4. The number of benzene rings is 1. The molecule has 1 aromatic carbocycles. The first kappa shape index (κ1) is 24.6. The number of methoxy groups -OCH3 is 2. The summed E-state index contributed by atoms with van der Waals surface area (Å²) in [6.45, 7) is 5.28. The van der Waals surface area contributed by atoms with E-state index in [-0.39, 0.29) is 12.5 Å². The summed E-state index contributed by atoms with van der Waals surface area (Å²) >= 11 is 0. The number of fused-ring (bicyclic) bond motifs is 1. The van der Waals surface area contributed by atoms with Crippen molar-refractivity contribution in [2.45, 2.75) is 13.0 Å². The number of aromatic nitrogens is 1. The van der Waals surface area contributed by atoms with Gasteiger partial charge in [-0.25, -0.2) is 9.86 Å². The maximum absolute atomic E-state index is 11.0. The molecule has 0 radical (unpaired) electrons. The van der Waals surface area contributed by atoms with Crippen molar-refractivity contribution in [1.29, 1.82) is 0 Å². The molecular formula is C19H29N5O6S. The number of rotatable bonds is 7. The molecular weight excluding hydrogens is 426 g/mol. The summed E-state index contributed by atoms with van der Waals surface area (Å²) < 4.78 is 35.2. The molecule has 1 unspecified atom stereocenters. The fourth-order valence-corrected chi connectivity index (χ4v) is 3.99. The molecule has 12 heteroatoms. The van der Waals surface area contributed by atoms with Gasteiger partial charge in [0.25, 0.3) is 16.7 Å². The van der Waals surface area contributed by atoms with E-state index in [9.17, 15) is 8.42 Å². The molecule has 0 spiro atoms. The minimum absolute atomic E-state index is 0.250. The zero-order valence-corrected chi connectivity index (χ0v) is 18.6. The lowest BCUT2D eigenvalue weighted by molar-refractivity contribution is -0.122. The van der Waals surface area contributed by atoms with Crippen LogP contribution in [0.3, 0.4) is 0 Å². The number of carboxylic acid groups (broad SMARTS) is 1. The Kier molecular flexibility index (Phi) is 8.80.